The van der Waals surface area contributed by atoms with Crippen LogP contribution in [0.4, 0.5) is 0 Å². The molecule has 88 valence electrons. The Morgan fingerprint density at radius 2 is 1.94 bits per heavy atom. The molecule has 0 saturated heterocycles. The first-order valence-corrected chi connectivity index (χ1v) is 5.57. The second kappa shape index (κ2) is 4.29. The second-order valence-corrected chi connectivity index (χ2v) is 4.29. The Morgan fingerprint density at radius 3 is 2.50 bits per heavy atom. The molecule has 0 spiro atoms. The molecule has 2 N–H and O–H groups in total. The van der Waals surface area contributed by atoms with Gasteiger partial charge in [-0.1, -0.05) is 12.8 Å². The van der Waals surface area contributed by atoms with E-state index >= 15 is 0 Å². The van der Waals surface area contributed by atoms with E-state index in [4.69, 9.17) is 15.2 Å². The normalized spacial score (nSPS) is 18.4. The topological polar surface area (TPSA) is 57.4 Å². The van der Waals surface area contributed by atoms with E-state index in [1.54, 1.807) is 20.4 Å². The van der Waals surface area contributed by atoms with Crippen LogP contribution in [0.2, 0.25) is 0 Å². The van der Waals surface area contributed by atoms with E-state index in [-0.39, 0.29) is 5.54 Å². The summed E-state index contributed by atoms with van der Waals surface area (Å²) in [5, 5.41) is 0. The zero-order chi connectivity index (χ0) is 11.6. The van der Waals surface area contributed by atoms with Crippen molar-refractivity contribution < 1.29 is 9.47 Å². The zero-order valence-corrected chi connectivity index (χ0v) is 9.82. The number of aromatic nitrogens is 1. The highest BCUT2D eigenvalue weighted by atomic mass is 16.5. The van der Waals surface area contributed by atoms with Crippen LogP contribution in [0.1, 0.15) is 31.2 Å². The van der Waals surface area contributed by atoms with Crippen molar-refractivity contribution in [1.29, 1.82) is 0 Å². The predicted octanol–water partition coefficient (Wildman–Crippen LogP) is 1.83. The zero-order valence-electron chi connectivity index (χ0n) is 9.82. The van der Waals surface area contributed by atoms with Crippen molar-refractivity contribution in [3.05, 3.63) is 17.8 Å². The number of nitrogens with zero attached hydrogens (tertiary/aromatic N) is 1. The van der Waals surface area contributed by atoms with E-state index in [1.165, 1.54) is 12.8 Å². The molecule has 0 radical (unpaired) electrons. The summed E-state index contributed by atoms with van der Waals surface area (Å²) in [6, 6.07) is 1.89. The van der Waals surface area contributed by atoms with Crippen LogP contribution < -0.4 is 15.2 Å². The number of hydrogen-bond donors (Lipinski definition) is 1. The fourth-order valence-electron chi connectivity index (χ4n) is 2.36. The summed E-state index contributed by atoms with van der Waals surface area (Å²) in [5.74, 6) is 1.35. The van der Waals surface area contributed by atoms with Crippen LogP contribution in [-0.4, -0.2) is 19.2 Å². The first kappa shape index (κ1) is 11.2. The fourth-order valence-corrected chi connectivity index (χ4v) is 2.36. The minimum atomic E-state index is -0.276. The van der Waals surface area contributed by atoms with Crippen LogP contribution in [0, 0.1) is 0 Å². The van der Waals surface area contributed by atoms with Gasteiger partial charge in [0, 0.05) is 17.2 Å². The first-order chi connectivity index (χ1) is 7.69. The van der Waals surface area contributed by atoms with Gasteiger partial charge in [0.2, 0.25) is 5.88 Å². The van der Waals surface area contributed by atoms with E-state index in [1.807, 2.05) is 6.07 Å². The van der Waals surface area contributed by atoms with Gasteiger partial charge in [0.05, 0.1) is 20.4 Å². The molecule has 4 heteroatoms. The van der Waals surface area contributed by atoms with Crippen molar-refractivity contribution in [2.24, 2.45) is 5.73 Å². The van der Waals surface area contributed by atoms with Crippen LogP contribution in [0.5, 0.6) is 11.6 Å². The molecule has 1 aliphatic rings. The van der Waals surface area contributed by atoms with Gasteiger partial charge < -0.3 is 15.2 Å². The smallest absolute Gasteiger partial charge is 0.213 e. The maximum absolute atomic E-state index is 6.42. The largest absolute Gasteiger partial charge is 0.495 e. The quantitative estimate of drug-likeness (QED) is 0.847. The molecular weight excluding hydrogens is 204 g/mol. The molecule has 0 atom stereocenters. The van der Waals surface area contributed by atoms with E-state index in [2.05, 4.69) is 4.98 Å². The molecule has 1 aromatic heterocycles. The third kappa shape index (κ3) is 1.85. The lowest BCUT2D eigenvalue weighted by atomic mass is 9.89. The third-order valence-electron chi connectivity index (χ3n) is 3.30. The predicted molar refractivity (Wildman–Crippen MR) is 61.7 cm³/mol. The Hall–Kier alpha value is -1.29. The maximum Gasteiger partial charge on any atom is 0.213 e. The maximum atomic E-state index is 6.42. The van der Waals surface area contributed by atoms with E-state index < -0.39 is 0 Å². The summed E-state index contributed by atoms with van der Waals surface area (Å²) in [6.45, 7) is 0. The molecule has 1 aliphatic carbocycles. The average molecular weight is 222 g/mol. The van der Waals surface area contributed by atoms with Crippen molar-refractivity contribution >= 4 is 0 Å². The number of rotatable bonds is 3. The van der Waals surface area contributed by atoms with Gasteiger partial charge >= 0.3 is 0 Å². The molecule has 1 saturated carbocycles. The molecule has 0 aliphatic heterocycles. The highest BCUT2D eigenvalue weighted by Gasteiger charge is 2.34. The lowest BCUT2D eigenvalue weighted by molar-refractivity contribution is 0.363. The van der Waals surface area contributed by atoms with Crippen LogP contribution in [0.3, 0.4) is 0 Å². The number of methoxy groups -OCH3 is 2. The molecule has 0 amide bonds. The molecule has 16 heavy (non-hydrogen) atoms. The van der Waals surface area contributed by atoms with Crippen LogP contribution in [0.15, 0.2) is 12.3 Å². The Labute approximate surface area is 95.8 Å². The molecule has 0 unspecified atom stereocenters. The Kier molecular flexibility index (Phi) is 3.01. The monoisotopic (exact) mass is 222 g/mol. The Bertz CT molecular complexity index is 373. The van der Waals surface area contributed by atoms with Crippen LogP contribution in [-0.2, 0) is 5.54 Å². The van der Waals surface area contributed by atoms with Crippen LogP contribution in [0.25, 0.3) is 0 Å². The summed E-state index contributed by atoms with van der Waals surface area (Å²) in [6.07, 6.45) is 6.02. The number of ether oxygens (including phenoxy) is 2. The highest BCUT2D eigenvalue weighted by molar-refractivity contribution is 5.40. The Morgan fingerprint density at radius 1 is 1.25 bits per heavy atom. The van der Waals surface area contributed by atoms with Gasteiger partial charge in [-0.25, -0.2) is 4.98 Å². The number of nitrogens with two attached hydrogens (primary N) is 1. The summed E-state index contributed by atoms with van der Waals surface area (Å²) in [5.41, 5.74) is 7.15. The second-order valence-electron chi connectivity index (χ2n) is 4.29. The van der Waals surface area contributed by atoms with Gasteiger partial charge in [-0.2, -0.15) is 0 Å². The number of pyridine rings is 1. The molecule has 2 rings (SSSR count). The molecule has 0 aromatic carbocycles. The minimum absolute atomic E-state index is 0.276. The molecule has 1 heterocycles. The van der Waals surface area contributed by atoms with E-state index in [0.717, 1.165) is 24.2 Å². The molecule has 0 bridgehead atoms. The average Bonchev–Trinajstić information content (AvgIpc) is 2.76. The SMILES string of the molecule is COc1cc(C2(N)CCCC2)c(OC)cn1. The third-order valence-corrected chi connectivity index (χ3v) is 3.30. The van der Waals surface area contributed by atoms with Gasteiger partial charge in [-0.05, 0) is 12.8 Å². The molecule has 1 fully saturated rings. The van der Waals surface area contributed by atoms with Crippen molar-refractivity contribution in [3.8, 4) is 11.6 Å². The summed E-state index contributed by atoms with van der Waals surface area (Å²) in [7, 11) is 3.25. The summed E-state index contributed by atoms with van der Waals surface area (Å²) in [4.78, 5) is 4.13. The summed E-state index contributed by atoms with van der Waals surface area (Å²) < 4.78 is 10.5. The van der Waals surface area contributed by atoms with Gasteiger partial charge in [-0.3, -0.25) is 0 Å². The minimum Gasteiger partial charge on any atom is -0.495 e. The molecule has 1 aromatic rings. The van der Waals surface area contributed by atoms with E-state index in [0.29, 0.717) is 5.88 Å². The van der Waals surface area contributed by atoms with E-state index in [9.17, 15) is 0 Å². The lowest BCUT2D eigenvalue weighted by Gasteiger charge is -2.26. The van der Waals surface area contributed by atoms with Crippen molar-refractivity contribution in [3.63, 3.8) is 0 Å². The van der Waals surface area contributed by atoms with Gasteiger partial charge in [0.1, 0.15) is 5.75 Å². The summed E-state index contributed by atoms with van der Waals surface area (Å²) >= 11 is 0. The van der Waals surface area contributed by atoms with Crippen molar-refractivity contribution in [2.75, 3.05) is 14.2 Å². The standard InChI is InChI=1S/C12H18N2O2/c1-15-10-8-14-11(16-2)7-9(10)12(13)5-3-4-6-12/h7-8H,3-6,13H2,1-2H3. The highest BCUT2D eigenvalue weighted by Crippen LogP contribution is 2.41. The fraction of sp³-hybridized carbons (Fsp3) is 0.583. The molecular formula is C12H18N2O2. The Balaban J connectivity index is 2.43. The van der Waals surface area contributed by atoms with Gasteiger partial charge in [-0.15, -0.1) is 0 Å². The molecule has 4 nitrogen and oxygen atoms in total. The van der Waals surface area contributed by atoms with Gasteiger partial charge in [0.25, 0.3) is 0 Å². The van der Waals surface area contributed by atoms with Crippen molar-refractivity contribution in [2.45, 2.75) is 31.2 Å². The van der Waals surface area contributed by atoms with Crippen LogP contribution >= 0.6 is 0 Å². The first-order valence-electron chi connectivity index (χ1n) is 5.57. The van der Waals surface area contributed by atoms with Gasteiger partial charge in [0.15, 0.2) is 0 Å². The lowest BCUT2D eigenvalue weighted by Crippen LogP contribution is -2.33. The number of hydrogen-bond acceptors (Lipinski definition) is 4. The van der Waals surface area contributed by atoms with Crippen molar-refractivity contribution in [1.82, 2.24) is 4.98 Å².